The van der Waals surface area contributed by atoms with Crippen LogP contribution in [0.25, 0.3) is 0 Å². The van der Waals surface area contributed by atoms with Crippen LogP contribution in [-0.4, -0.2) is 4.98 Å². The van der Waals surface area contributed by atoms with E-state index in [0.717, 1.165) is 6.42 Å². The molecular formula is C11H20N2S. The Balaban J connectivity index is 3.00. The smallest absolute Gasteiger partial charge is 0.0959 e. The zero-order valence-corrected chi connectivity index (χ0v) is 10.3. The van der Waals surface area contributed by atoms with E-state index in [2.05, 4.69) is 32.7 Å². The van der Waals surface area contributed by atoms with Crippen molar-refractivity contribution in [2.75, 3.05) is 0 Å². The minimum atomic E-state index is 0.489. The molecule has 0 amide bonds. The molecule has 14 heavy (non-hydrogen) atoms. The van der Waals surface area contributed by atoms with Gasteiger partial charge in [0.2, 0.25) is 0 Å². The molecule has 0 saturated carbocycles. The van der Waals surface area contributed by atoms with Gasteiger partial charge in [0.05, 0.1) is 10.7 Å². The summed E-state index contributed by atoms with van der Waals surface area (Å²) in [6.07, 6.45) is 1.15. The number of nitrogens with zero attached hydrogens (tertiary/aromatic N) is 1. The largest absolute Gasteiger partial charge is 0.326 e. The summed E-state index contributed by atoms with van der Waals surface area (Å²) in [5.41, 5.74) is 6.92. The fraction of sp³-hybridized carbons (Fsp3) is 0.727. The molecule has 0 spiro atoms. The summed E-state index contributed by atoms with van der Waals surface area (Å²) in [5, 5.41) is 1.25. The first-order valence-electron chi connectivity index (χ1n) is 5.29. The predicted octanol–water partition coefficient (Wildman–Crippen LogP) is 3.24. The van der Waals surface area contributed by atoms with Crippen molar-refractivity contribution in [3.05, 3.63) is 15.6 Å². The van der Waals surface area contributed by atoms with Gasteiger partial charge < -0.3 is 5.73 Å². The van der Waals surface area contributed by atoms with Gasteiger partial charge in [-0.2, -0.15) is 0 Å². The molecule has 2 N–H and O–H groups in total. The van der Waals surface area contributed by atoms with Crippen LogP contribution in [0, 0.1) is 0 Å². The quantitative estimate of drug-likeness (QED) is 0.832. The molecule has 0 saturated heterocycles. The van der Waals surface area contributed by atoms with E-state index < -0.39 is 0 Å². The Hall–Kier alpha value is -0.410. The van der Waals surface area contributed by atoms with Crippen molar-refractivity contribution >= 4 is 11.3 Å². The summed E-state index contributed by atoms with van der Waals surface area (Å²) in [7, 11) is 0. The van der Waals surface area contributed by atoms with Crippen LogP contribution in [0.1, 0.15) is 61.5 Å². The van der Waals surface area contributed by atoms with E-state index in [1.165, 1.54) is 15.6 Å². The summed E-state index contributed by atoms with van der Waals surface area (Å²) in [5.74, 6) is 1.06. The van der Waals surface area contributed by atoms with E-state index in [0.29, 0.717) is 18.4 Å². The van der Waals surface area contributed by atoms with Crippen LogP contribution in [0.2, 0.25) is 0 Å². The Morgan fingerprint density at radius 3 is 2.36 bits per heavy atom. The van der Waals surface area contributed by atoms with Crippen molar-refractivity contribution in [1.29, 1.82) is 0 Å². The van der Waals surface area contributed by atoms with Crippen LogP contribution in [0.5, 0.6) is 0 Å². The Kier molecular flexibility index (Phi) is 4.08. The molecule has 0 aliphatic rings. The van der Waals surface area contributed by atoms with E-state index in [1.807, 2.05) is 0 Å². The second-order valence-corrected chi connectivity index (χ2v) is 5.14. The maximum atomic E-state index is 5.71. The van der Waals surface area contributed by atoms with Crippen molar-refractivity contribution in [2.45, 2.75) is 52.5 Å². The second kappa shape index (κ2) is 4.89. The Morgan fingerprint density at radius 2 is 2.00 bits per heavy atom. The molecule has 0 aliphatic heterocycles. The molecule has 0 fully saturated rings. The van der Waals surface area contributed by atoms with Gasteiger partial charge in [0, 0.05) is 17.3 Å². The third-order valence-electron chi connectivity index (χ3n) is 2.51. The molecule has 1 aromatic rings. The van der Waals surface area contributed by atoms with E-state index in [9.17, 15) is 0 Å². The van der Waals surface area contributed by atoms with Gasteiger partial charge in [-0.1, -0.05) is 27.7 Å². The predicted molar refractivity (Wildman–Crippen MR) is 62.8 cm³/mol. The maximum Gasteiger partial charge on any atom is 0.0959 e. The first-order valence-corrected chi connectivity index (χ1v) is 6.11. The fourth-order valence-electron chi connectivity index (χ4n) is 1.37. The van der Waals surface area contributed by atoms with Crippen molar-refractivity contribution in [3.8, 4) is 0 Å². The van der Waals surface area contributed by atoms with Gasteiger partial charge in [0.1, 0.15) is 0 Å². The van der Waals surface area contributed by atoms with Crippen LogP contribution in [-0.2, 0) is 6.54 Å². The number of aromatic nitrogens is 1. The summed E-state index contributed by atoms with van der Waals surface area (Å²) < 4.78 is 0. The normalized spacial score (nSPS) is 13.6. The standard InChI is InChI=1S/C11H20N2S/c1-5-8(4)11-13-10(7(2)3)9(6-12)14-11/h7-8H,5-6,12H2,1-4H3. The zero-order valence-electron chi connectivity index (χ0n) is 9.50. The summed E-state index contributed by atoms with van der Waals surface area (Å²) in [6.45, 7) is 9.40. The van der Waals surface area contributed by atoms with E-state index >= 15 is 0 Å². The molecule has 80 valence electrons. The molecule has 1 heterocycles. The number of thiazole rings is 1. The van der Waals surface area contributed by atoms with Gasteiger partial charge in [0.15, 0.2) is 0 Å². The highest BCUT2D eigenvalue weighted by Gasteiger charge is 2.15. The summed E-state index contributed by atoms with van der Waals surface area (Å²) >= 11 is 1.78. The van der Waals surface area contributed by atoms with Gasteiger partial charge >= 0.3 is 0 Å². The van der Waals surface area contributed by atoms with Gasteiger partial charge in [-0.25, -0.2) is 4.98 Å². The van der Waals surface area contributed by atoms with E-state index in [-0.39, 0.29) is 0 Å². The average Bonchev–Trinajstić information content (AvgIpc) is 2.60. The minimum Gasteiger partial charge on any atom is -0.326 e. The molecule has 3 heteroatoms. The average molecular weight is 212 g/mol. The lowest BCUT2D eigenvalue weighted by molar-refractivity contribution is 0.712. The lowest BCUT2D eigenvalue weighted by Gasteiger charge is -2.03. The Bertz CT molecular complexity index is 291. The maximum absolute atomic E-state index is 5.71. The first-order chi connectivity index (χ1) is 6.60. The lowest BCUT2D eigenvalue weighted by Crippen LogP contribution is -1.99. The highest BCUT2D eigenvalue weighted by molar-refractivity contribution is 7.11. The van der Waals surface area contributed by atoms with Crippen molar-refractivity contribution < 1.29 is 0 Å². The van der Waals surface area contributed by atoms with Crippen LogP contribution in [0.3, 0.4) is 0 Å². The van der Waals surface area contributed by atoms with Crippen molar-refractivity contribution in [1.82, 2.24) is 4.98 Å². The van der Waals surface area contributed by atoms with E-state index in [4.69, 9.17) is 5.73 Å². The van der Waals surface area contributed by atoms with Gasteiger partial charge in [0.25, 0.3) is 0 Å². The first kappa shape index (κ1) is 11.7. The molecule has 0 bridgehead atoms. The molecule has 0 aliphatic carbocycles. The molecular weight excluding hydrogens is 192 g/mol. The topological polar surface area (TPSA) is 38.9 Å². The van der Waals surface area contributed by atoms with Gasteiger partial charge in [-0.15, -0.1) is 11.3 Å². The van der Waals surface area contributed by atoms with Crippen LogP contribution in [0.4, 0.5) is 0 Å². The molecule has 1 rings (SSSR count). The van der Waals surface area contributed by atoms with Gasteiger partial charge in [-0.3, -0.25) is 0 Å². The molecule has 1 atom stereocenters. The third-order valence-corrected chi connectivity index (χ3v) is 3.84. The molecule has 1 aromatic heterocycles. The Labute approximate surface area is 90.6 Å². The van der Waals surface area contributed by atoms with Gasteiger partial charge in [-0.05, 0) is 12.3 Å². The Morgan fingerprint density at radius 1 is 1.36 bits per heavy atom. The number of hydrogen-bond donors (Lipinski definition) is 1. The fourth-order valence-corrected chi connectivity index (χ4v) is 2.60. The van der Waals surface area contributed by atoms with Crippen molar-refractivity contribution in [3.63, 3.8) is 0 Å². The number of rotatable bonds is 4. The molecule has 0 aromatic carbocycles. The SMILES string of the molecule is CCC(C)c1nc(C(C)C)c(CN)s1. The highest BCUT2D eigenvalue weighted by Crippen LogP contribution is 2.30. The number of nitrogens with two attached hydrogens (primary N) is 1. The molecule has 2 nitrogen and oxygen atoms in total. The third kappa shape index (κ3) is 2.34. The summed E-state index contributed by atoms with van der Waals surface area (Å²) in [4.78, 5) is 5.95. The summed E-state index contributed by atoms with van der Waals surface area (Å²) in [6, 6.07) is 0. The number of hydrogen-bond acceptors (Lipinski definition) is 3. The monoisotopic (exact) mass is 212 g/mol. The highest BCUT2D eigenvalue weighted by atomic mass is 32.1. The van der Waals surface area contributed by atoms with Crippen molar-refractivity contribution in [2.24, 2.45) is 5.73 Å². The molecule has 0 radical (unpaired) electrons. The van der Waals surface area contributed by atoms with E-state index in [1.54, 1.807) is 11.3 Å². The molecule has 1 unspecified atom stereocenters. The second-order valence-electron chi connectivity index (χ2n) is 4.03. The minimum absolute atomic E-state index is 0.489. The zero-order chi connectivity index (χ0) is 10.7. The van der Waals surface area contributed by atoms with Crippen LogP contribution < -0.4 is 5.73 Å². The van der Waals surface area contributed by atoms with Crippen LogP contribution >= 0.6 is 11.3 Å². The van der Waals surface area contributed by atoms with Crippen LogP contribution in [0.15, 0.2) is 0 Å². The lowest BCUT2D eigenvalue weighted by atomic mass is 10.1.